The van der Waals surface area contributed by atoms with Crippen LogP contribution in [0, 0.1) is 16.7 Å². The quantitative estimate of drug-likeness (QED) is 0.260. The molecule has 3 saturated heterocycles. The van der Waals surface area contributed by atoms with Crippen molar-refractivity contribution in [3.8, 4) is 5.75 Å². The summed E-state index contributed by atoms with van der Waals surface area (Å²) in [7, 11) is 0. The van der Waals surface area contributed by atoms with Gasteiger partial charge >= 0.3 is 6.18 Å². The minimum atomic E-state index is -4.65. The summed E-state index contributed by atoms with van der Waals surface area (Å²) >= 11 is 0. The van der Waals surface area contributed by atoms with Gasteiger partial charge in [0.25, 0.3) is 11.8 Å². The fourth-order valence-corrected chi connectivity index (χ4v) is 6.99. The molecule has 2 amide bonds. The molecule has 0 radical (unpaired) electrons. The molecule has 1 aromatic carbocycles. The molecule has 6 rings (SSSR count). The first kappa shape index (κ1) is 30.4. The van der Waals surface area contributed by atoms with Crippen molar-refractivity contribution < 1.29 is 32.7 Å². The van der Waals surface area contributed by atoms with E-state index in [-0.39, 0.29) is 36.3 Å². The summed E-state index contributed by atoms with van der Waals surface area (Å²) in [5.41, 5.74) is -1.72. The number of carbonyl (C=O) groups is 2. The molecule has 3 fully saturated rings. The number of amides is 2. The van der Waals surface area contributed by atoms with Gasteiger partial charge in [-0.2, -0.15) is 18.2 Å². The molecule has 240 valence electrons. The Bertz CT molecular complexity index is 1580. The zero-order valence-corrected chi connectivity index (χ0v) is 24.7. The number of rotatable bonds is 5. The molecule has 2 aromatic rings. The highest BCUT2D eigenvalue weighted by molar-refractivity contribution is 5.98. The van der Waals surface area contributed by atoms with Gasteiger partial charge in [-0.3, -0.25) is 30.6 Å². The highest BCUT2D eigenvalue weighted by Crippen LogP contribution is 2.46. The fraction of sp³-hybridized carbons (Fsp3) is 0.483. The molecule has 0 bridgehead atoms. The molecular weight excluding hydrogens is 595 g/mol. The number of hydrogen-bond donors (Lipinski definition) is 7. The van der Waals surface area contributed by atoms with Crippen LogP contribution < -0.4 is 26.0 Å². The number of benzene rings is 1. The molecule has 1 spiro atoms. The second-order valence-corrected chi connectivity index (χ2v) is 12.4. The Morgan fingerprint density at radius 3 is 2.67 bits per heavy atom. The summed E-state index contributed by atoms with van der Waals surface area (Å²) in [6.07, 6.45) is -2.95. The van der Waals surface area contributed by atoms with Gasteiger partial charge in [0.1, 0.15) is 11.4 Å². The summed E-state index contributed by atoms with van der Waals surface area (Å²) in [6, 6.07) is 4.71. The van der Waals surface area contributed by atoms with Crippen LogP contribution in [0.15, 0.2) is 36.5 Å². The van der Waals surface area contributed by atoms with Crippen LogP contribution in [0.1, 0.15) is 59.2 Å². The molecule has 5 atom stereocenters. The van der Waals surface area contributed by atoms with Gasteiger partial charge in [-0.15, -0.1) is 0 Å². The number of guanidine groups is 2. The lowest BCUT2D eigenvalue weighted by molar-refractivity contribution is -0.166. The lowest BCUT2D eigenvalue weighted by atomic mass is 9.79. The number of hydrogen-bond acceptors (Lipinski definition) is 7. The van der Waals surface area contributed by atoms with Gasteiger partial charge in [0.15, 0.2) is 11.6 Å². The second-order valence-electron chi connectivity index (χ2n) is 12.4. The van der Waals surface area contributed by atoms with Crippen LogP contribution in [0.25, 0.3) is 0 Å². The zero-order valence-electron chi connectivity index (χ0n) is 24.7. The third-order valence-corrected chi connectivity index (χ3v) is 9.46. The number of aromatic nitrogens is 1. The van der Waals surface area contributed by atoms with Gasteiger partial charge in [-0.05, 0) is 30.0 Å². The van der Waals surface area contributed by atoms with Crippen molar-refractivity contribution in [2.45, 2.75) is 62.6 Å². The monoisotopic (exact) mass is 629 g/mol. The maximum atomic E-state index is 13.7. The third-order valence-electron chi connectivity index (χ3n) is 9.46. The van der Waals surface area contributed by atoms with Crippen LogP contribution in [-0.4, -0.2) is 87.4 Å². The zero-order chi connectivity index (χ0) is 32.5. The van der Waals surface area contributed by atoms with E-state index in [1.54, 1.807) is 17.9 Å². The molecule has 3 unspecified atom stereocenters. The Morgan fingerprint density at radius 2 is 1.93 bits per heavy atom. The molecule has 4 aliphatic rings. The Morgan fingerprint density at radius 1 is 1.18 bits per heavy atom. The third kappa shape index (κ3) is 4.78. The number of para-hydroxylation sites is 1. The van der Waals surface area contributed by atoms with Gasteiger partial charge in [-0.1, -0.05) is 32.9 Å². The van der Waals surface area contributed by atoms with E-state index in [1.807, 2.05) is 12.1 Å². The Kier molecular flexibility index (Phi) is 7.10. The Hall–Kier alpha value is -4.60. The van der Waals surface area contributed by atoms with Crippen molar-refractivity contribution >= 4 is 23.7 Å². The number of nitrogens with zero attached hydrogens (tertiary/aromatic N) is 3. The van der Waals surface area contributed by atoms with Crippen LogP contribution in [0.4, 0.5) is 13.2 Å². The molecule has 5 heterocycles. The predicted molar refractivity (Wildman–Crippen MR) is 154 cm³/mol. The van der Waals surface area contributed by atoms with Crippen molar-refractivity contribution in [2.75, 3.05) is 19.7 Å². The first-order valence-electron chi connectivity index (χ1n) is 14.5. The van der Waals surface area contributed by atoms with E-state index in [0.29, 0.717) is 24.0 Å². The Labute approximate surface area is 256 Å². The summed E-state index contributed by atoms with van der Waals surface area (Å²) in [6.45, 7) is 6.40. The van der Waals surface area contributed by atoms with E-state index >= 15 is 0 Å². The fourth-order valence-electron chi connectivity index (χ4n) is 6.99. The lowest BCUT2D eigenvalue weighted by Gasteiger charge is -2.51. The summed E-state index contributed by atoms with van der Waals surface area (Å²) in [4.78, 5) is 31.8. The molecule has 13 nitrogen and oxygen atoms in total. The largest absolute Gasteiger partial charge is 0.492 e. The number of ether oxygens (including phenoxy) is 1. The van der Waals surface area contributed by atoms with Crippen molar-refractivity contribution in [1.29, 1.82) is 10.8 Å². The van der Waals surface area contributed by atoms with Crippen molar-refractivity contribution in [3.05, 3.63) is 58.9 Å². The molecule has 0 saturated carbocycles. The minimum Gasteiger partial charge on any atom is -0.492 e. The van der Waals surface area contributed by atoms with Crippen molar-refractivity contribution in [3.63, 3.8) is 0 Å². The summed E-state index contributed by atoms with van der Waals surface area (Å²) in [5, 5.41) is 40.7. The molecule has 45 heavy (non-hydrogen) atoms. The predicted octanol–water partition coefficient (Wildman–Crippen LogP) is 1.84. The SMILES string of the molecule is C[C@@H]1[C@@H](NC(=O)c2cccc3c2OCCC3(C)C)CN2C(=N)NC(CNC(=O)c3cc(C(F)(F)F)ccn3)C3NC(=N)N(O)C312. The summed E-state index contributed by atoms with van der Waals surface area (Å²) in [5.74, 6) is -1.74. The van der Waals surface area contributed by atoms with E-state index in [9.17, 15) is 28.0 Å². The van der Waals surface area contributed by atoms with Crippen LogP contribution in [-0.2, 0) is 11.6 Å². The van der Waals surface area contributed by atoms with E-state index < -0.39 is 53.0 Å². The summed E-state index contributed by atoms with van der Waals surface area (Å²) < 4.78 is 45.4. The van der Waals surface area contributed by atoms with Crippen LogP contribution in [0.2, 0.25) is 0 Å². The van der Waals surface area contributed by atoms with Crippen LogP contribution in [0.3, 0.4) is 0 Å². The molecule has 7 N–H and O–H groups in total. The number of hydroxylamine groups is 2. The minimum absolute atomic E-state index is 0.121. The number of fused-ring (bicyclic) bond motifs is 1. The molecule has 16 heteroatoms. The smallest absolute Gasteiger partial charge is 0.416 e. The van der Waals surface area contributed by atoms with Crippen molar-refractivity contribution in [2.24, 2.45) is 5.92 Å². The first-order valence-corrected chi connectivity index (χ1v) is 14.5. The number of pyridine rings is 1. The topological polar surface area (TPSA) is 179 Å². The number of alkyl halides is 3. The van der Waals surface area contributed by atoms with Gasteiger partial charge in [0, 0.05) is 30.8 Å². The standard InChI is InChI=1S/C29H34F3N9O4/c1-14-20(37-23(42)16-5-4-6-17-21(16)45-10-8-27(17,2)3)13-40-25(33)38-19(22-28(14,40)41(44)26(34)39-22)12-36-24(43)18-11-15(7-9-35-18)29(30,31)32/h4-7,9,11,14,19-20,22,44H,8,10,12-13H2,1-3H3,(H2,33,38)(H2,34,39)(H,36,43)(H,37,42)/t14-,19?,20+,22?,28?/m1/s1. The lowest BCUT2D eigenvalue weighted by Crippen LogP contribution is -2.76. The van der Waals surface area contributed by atoms with Gasteiger partial charge < -0.3 is 30.9 Å². The van der Waals surface area contributed by atoms with Gasteiger partial charge in [0.2, 0.25) is 5.96 Å². The first-order chi connectivity index (χ1) is 21.2. The normalized spacial score (nSPS) is 28.2. The second kappa shape index (κ2) is 10.5. The average molecular weight is 630 g/mol. The van der Waals surface area contributed by atoms with E-state index in [1.165, 1.54) is 0 Å². The van der Waals surface area contributed by atoms with Crippen molar-refractivity contribution in [1.82, 2.24) is 36.2 Å². The van der Waals surface area contributed by atoms with E-state index in [2.05, 4.69) is 40.1 Å². The van der Waals surface area contributed by atoms with Gasteiger partial charge in [-0.25, -0.2) is 0 Å². The Balaban J connectivity index is 1.23. The average Bonchev–Trinajstić information content (AvgIpc) is 3.43. The number of nitrogens with one attached hydrogen (secondary N) is 6. The van der Waals surface area contributed by atoms with Crippen LogP contribution >= 0.6 is 0 Å². The highest BCUT2D eigenvalue weighted by Gasteiger charge is 2.69. The van der Waals surface area contributed by atoms with Gasteiger partial charge in [0.05, 0.1) is 35.9 Å². The number of carbonyl (C=O) groups excluding carboxylic acids is 2. The molecule has 0 aliphatic carbocycles. The van der Waals surface area contributed by atoms with Crippen LogP contribution in [0.5, 0.6) is 5.75 Å². The van der Waals surface area contributed by atoms with E-state index in [4.69, 9.17) is 15.6 Å². The molecular formula is C29H34F3N9O4. The molecule has 4 aliphatic heterocycles. The van der Waals surface area contributed by atoms with E-state index in [0.717, 1.165) is 29.3 Å². The maximum absolute atomic E-state index is 13.7. The number of halogens is 3. The maximum Gasteiger partial charge on any atom is 0.416 e. The highest BCUT2D eigenvalue weighted by atomic mass is 19.4. The molecule has 1 aromatic heterocycles.